The summed E-state index contributed by atoms with van der Waals surface area (Å²) in [4.78, 5) is 14.9. The van der Waals surface area contributed by atoms with Gasteiger partial charge in [-0.15, -0.1) is 0 Å². The smallest absolute Gasteiger partial charge is 0.253 e. The topological polar surface area (TPSA) is 55.6 Å². The summed E-state index contributed by atoms with van der Waals surface area (Å²) in [5.74, 6) is 0.0189. The average molecular weight is 306 g/mol. The van der Waals surface area contributed by atoms with Crippen molar-refractivity contribution in [3.8, 4) is 0 Å². The zero-order valence-corrected chi connectivity index (χ0v) is 13.2. The van der Waals surface area contributed by atoms with E-state index in [1.807, 2.05) is 36.1 Å². The van der Waals surface area contributed by atoms with Crippen molar-refractivity contribution in [3.05, 3.63) is 35.4 Å². The van der Waals surface area contributed by atoms with Crippen molar-refractivity contribution in [2.75, 3.05) is 19.7 Å². The Labute approximate surface area is 131 Å². The summed E-state index contributed by atoms with van der Waals surface area (Å²) in [5, 5.41) is 0. The Balaban J connectivity index is 2.08. The Morgan fingerprint density at radius 1 is 1.52 bits per heavy atom. The molecule has 1 heterocycles. The third-order valence-corrected chi connectivity index (χ3v) is 3.83. The third-order valence-electron chi connectivity index (χ3n) is 3.63. The molecule has 114 valence electrons. The molecule has 0 radical (unpaired) electrons. The minimum absolute atomic E-state index is 0.0189. The molecule has 0 bridgehead atoms. The van der Waals surface area contributed by atoms with Crippen LogP contribution in [0.5, 0.6) is 0 Å². The van der Waals surface area contributed by atoms with Crippen LogP contribution in [0.2, 0.25) is 0 Å². The number of aryl methyl sites for hydroxylation is 1. The van der Waals surface area contributed by atoms with Crippen LogP contribution in [-0.4, -0.2) is 41.6 Å². The lowest BCUT2D eigenvalue weighted by atomic mass is 10.1. The molecule has 2 rings (SSSR count). The molecule has 1 aromatic rings. The van der Waals surface area contributed by atoms with Crippen LogP contribution in [0.3, 0.4) is 0 Å². The van der Waals surface area contributed by atoms with E-state index in [0.29, 0.717) is 30.1 Å². The van der Waals surface area contributed by atoms with Crippen LogP contribution >= 0.6 is 12.2 Å². The molecule has 1 saturated heterocycles. The SMILES string of the molecule is Cc1cccc(C(=O)N(CCC(N)=S)CC2CCCO2)c1. The van der Waals surface area contributed by atoms with Gasteiger partial charge in [-0.2, -0.15) is 0 Å². The van der Waals surface area contributed by atoms with Gasteiger partial charge in [0.15, 0.2) is 0 Å². The molecule has 0 aliphatic carbocycles. The van der Waals surface area contributed by atoms with Gasteiger partial charge in [0, 0.05) is 31.7 Å². The van der Waals surface area contributed by atoms with E-state index in [1.165, 1.54) is 0 Å². The summed E-state index contributed by atoms with van der Waals surface area (Å²) in [6, 6.07) is 7.64. The van der Waals surface area contributed by atoms with Gasteiger partial charge in [-0.1, -0.05) is 29.9 Å². The van der Waals surface area contributed by atoms with Crippen molar-refractivity contribution < 1.29 is 9.53 Å². The summed E-state index contributed by atoms with van der Waals surface area (Å²) in [7, 11) is 0. The monoisotopic (exact) mass is 306 g/mol. The van der Waals surface area contributed by atoms with E-state index in [4.69, 9.17) is 22.7 Å². The number of ether oxygens (including phenoxy) is 1. The molecule has 1 atom stereocenters. The average Bonchev–Trinajstić information content (AvgIpc) is 2.95. The number of thiocarbonyl (C=S) groups is 1. The van der Waals surface area contributed by atoms with Crippen LogP contribution in [0.25, 0.3) is 0 Å². The number of hydrogen-bond acceptors (Lipinski definition) is 3. The second-order valence-corrected chi connectivity index (χ2v) is 6.00. The lowest BCUT2D eigenvalue weighted by molar-refractivity contribution is 0.0533. The molecule has 21 heavy (non-hydrogen) atoms. The fourth-order valence-corrected chi connectivity index (χ4v) is 2.61. The predicted octanol–water partition coefficient (Wildman–Crippen LogP) is 2.29. The molecule has 0 saturated carbocycles. The summed E-state index contributed by atoms with van der Waals surface area (Å²) >= 11 is 4.93. The number of benzene rings is 1. The summed E-state index contributed by atoms with van der Waals surface area (Å²) in [6.07, 6.45) is 2.74. The molecular formula is C16H22N2O2S. The van der Waals surface area contributed by atoms with E-state index < -0.39 is 0 Å². The van der Waals surface area contributed by atoms with Crippen LogP contribution in [0, 0.1) is 6.92 Å². The predicted molar refractivity (Wildman–Crippen MR) is 87.5 cm³/mol. The molecule has 2 N–H and O–H groups in total. The Morgan fingerprint density at radius 3 is 2.95 bits per heavy atom. The van der Waals surface area contributed by atoms with Gasteiger partial charge in [0.25, 0.3) is 5.91 Å². The quantitative estimate of drug-likeness (QED) is 0.819. The highest BCUT2D eigenvalue weighted by molar-refractivity contribution is 7.80. The first-order valence-corrected chi connectivity index (χ1v) is 7.73. The second-order valence-electron chi connectivity index (χ2n) is 5.47. The fraction of sp³-hybridized carbons (Fsp3) is 0.500. The number of amides is 1. The minimum Gasteiger partial charge on any atom is -0.393 e. The van der Waals surface area contributed by atoms with E-state index in [2.05, 4.69) is 0 Å². The van der Waals surface area contributed by atoms with Crippen LogP contribution in [0.4, 0.5) is 0 Å². The number of nitrogens with zero attached hydrogens (tertiary/aromatic N) is 1. The third kappa shape index (κ3) is 4.79. The van der Waals surface area contributed by atoms with E-state index >= 15 is 0 Å². The molecule has 5 heteroatoms. The van der Waals surface area contributed by atoms with Gasteiger partial charge in [-0.3, -0.25) is 4.79 Å². The van der Waals surface area contributed by atoms with Crippen LogP contribution in [0.15, 0.2) is 24.3 Å². The molecule has 1 fully saturated rings. The number of carbonyl (C=O) groups excluding carboxylic acids is 1. The summed E-state index contributed by atoms with van der Waals surface area (Å²) in [5.41, 5.74) is 7.35. The van der Waals surface area contributed by atoms with Gasteiger partial charge in [0.2, 0.25) is 0 Å². The van der Waals surface area contributed by atoms with E-state index in [1.54, 1.807) is 0 Å². The lowest BCUT2D eigenvalue weighted by Crippen LogP contribution is -2.39. The first kappa shape index (κ1) is 15.9. The Morgan fingerprint density at radius 2 is 2.33 bits per heavy atom. The van der Waals surface area contributed by atoms with Gasteiger partial charge in [-0.05, 0) is 31.9 Å². The first-order chi connectivity index (χ1) is 10.1. The van der Waals surface area contributed by atoms with Crippen LogP contribution in [0.1, 0.15) is 35.2 Å². The maximum Gasteiger partial charge on any atom is 0.253 e. The van der Waals surface area contributed by atoms with Gasteiger partial charge < -0.3 is 15.4 Å². The number of nitrogens with two attached hydrogens (primary N) is 1. The molecular weight excluding hydrogens is 284 g/mol. The van der Waals surface area contributed by atoms with Crippen molar-refractivity contribution >= 4 is 23.1 Å². The summed E-state index contributed by atoms with van der Waals surface area (Å²) < 4.78 is 5.64. The largest absolute Gasteiger partial charge is 0.393 e. The normalized spacial score (nSPS) is 17.7. The van der Waals surface area contributed by atoms with E-state index in [0.717, 1.165) is 25.0 Å². The van der Waals surface area contributed by atoms with Crippen LogP contribution in [-0.2, 0) is 4.74 Å². The molecule has 1 aromatic carbocycles. The molecule has 4 nitrogen and oxygen atoms in total. The maximum absolute atomic E-state index is 12.7. The molecule has 1 aliphatic rings. The Bertz CT molecular complexity index is 513. The molecule has 1 amide bonds. The minimum atomic E-state index is 0.0189. The zero-order valence-electron chi connectivity index (χ0n) is 12.4. The maximum atomic E-state index is 12.7. The summed E-state index contributed by atoms with van der Waals surface area (Å²) in [6.45, 7) is 3.92. The standard InChI is InChI=1S/C16H22N2O2S/c1-12-4-2-5-13(10-12)16(19)18(8-7-15(17)21)11-14-6-3-9-20-14/h2,4-5,10,14H,3,6-9,11H2,1H3,(H2,17,21). The van der Waals surface area contributed by atoms with E-state index in [9.17, 15) is 4.79 Å². The van der Waals surface area contributed by atoms with E-state index in [-0.39, 0.29) is 12.0 Å². The van der Waals surface area contributed by atoms with Gasteiger partial charge >= 0.3 is 0 Å². The lowest BCUT2D eigenvalue weighted by Gasteiger charge is -2.25. The number of carbonyl (C=O) groups is 1. The molecule has 0 aromatic heterocycles. The van der Waals surface area contributed by atoms with Crippen molar-refractivity contribution in [3.63, 3.8) is 0 Å². The van der Waals surface area contributed by atoms with Gasteiger partial charge in [0.1, 0.15) is 0 Å². The van der Waals surface area contributed by atoms with Crippen LogP contribution < -0.4 is 5.73 Å². The van der Waals surface area contributed by atoms with Crippen molar-refractivity contribution in [2.45, 2.75) is 32.3 Å². The molecule has 1 unspecified atom stereocenters. The fourth-order valence-electron chi connectivity index (χ4n) is 2.52. The zero-order chi connectivity index (χ0) is 15.2. The number of rotatable bonds is 6. The Hall–Kier alpha value is -1.46. The highest BCUT2D eigenvalue weighted by Gasteiger charge is 2.23. The van der Waals surface area contributed by atoms with Gasteiger partial charge in [-0.25, -0.2) is 0 Å². The highest BCUT2D eigenvalue weighted by Crippen LogP contribution is 2.16. The Kier molecular flexibility index (Phi) is 5.70. The highest BCUT2D eigenvalue weighted by atomic mass is 32.1. The van der Waals surface area contributed by atoms with Gasteiger partial charge in [0.05, 0.1) is 11.1 Å². The molecule has 0 spiro atoms. The van der Waals surface area contributed by atoms with Crippen molar-refractivity contribution in [1.82, 2.24) is 4.90 Å². The molecule has 1 aliphatic heterocycles. The number of hydrogen-bond donors (Lipinski definition) is 1. The van der Waals surface area contributed by atoms with Crippen molar-refractivity contribution in [2.24, 2.45) is 5.73 Å². The van der Waals surface area contributed by atoms with Crippen molar-refractivity contribution in [1.29, 1.82) is 0 Å². The second kappa shape index (κ2) is 7.52. The first-order valence-electron chi connectivity index (χ1n) is 7.32.